The lowest BCUT2D eigenvalue weighted by Gasteiger charge is -2.22. The monoisotopic (exact) mass is 253 g/mol. The van der Waals surface area contributed by atoms with Crippen molar-refractivity contribution in [2.24, 2.45) is 0 Å². The molecule has 94 valence electrons. The van der Waals surface area contributed by atoms with Gasteiger partial charge in [-0.1, -0.05) is 19.3 Å². The number of hydrogen-bond acceptors (Lipinski definition) is 2. The van der Waals surface area contributed by atoms with Crippen molar-refractivity contribution in [1.29, 1.82) is 0 Å². The standard InChI is InChI=1S/C14H20FNS/c15-12-6-8-14(9-7-12)17-11-10-16-13-4-2-1-3-5-13/h6-9,13,16H,1-5,10-11H2. The van der Waals surface area contributed by atoms with Crippen molar-refractivity contribution < 1.29 is 4.39 Å². The van der Waals surface area contributed by atoms with Gasteiger partial charge in [-0.15, -0.1) is 11.8 Å². The van der Waals surface area contributed by atoms with E-state index in [2.05, 4.69) is 5.32 Å². The molecule has 1 aromatic carbocycles. The molecule has 1 aliphatic carbocycles. The summed E-state index contributed by atoms with van der Waals surface area (Å²) in [6.45, 7) is 1.05. The van der Waals surface area contributed by atoms with E-state index < -0.39 is 0 Å². The zero-order valence-electron chi connectivity index (χ0n) is 10.1. The molecule has 0 spiro atoms. The van der Waals surface area contributed by atoms with Gasteiger partial charge in [0.05, 0.1) is 0 Å². The second-order valence-electron chi connectivity index (χ2n) is 4.59. The number of benzene rings is 1. The van der Waals surface area contributed by atoms with Crippen LogP contribution in [0.3, 0.4) is 0 Å². The second kappa shape index (κ2) is 7.02. The summed E-state index contributed by atoms with van der Waals surface area (Å²) in [5, 5.41) is 3.61. The smallest absolute Gasteiger partial charge is 0.123 e. The second-order valence-corrected chi connectivity index (χ2v) is 5.76. The minimum absolute atomic E-state index is 0.158. The van der Waals surface area contributed by atoms with Gasteiger partial charge in [-0.25, -0.2) is 4.39 Å². The third-order valence-corrected chi connectivity index (χ3v) is 4.24. The molecule has 0 aliphatic heterocycles. The van der Waals surface area contributed by atoms with Gasteiger partial charge < -0.3 is 5.32 Å². The number of hydrogen-bond donors (Lipinski definition) is 1. The summed E-state index contributed by atoms with van der Waals surface area (Å²) in [5.74, 6) is 0.900. The Hall–Kier alpha value is -0.540. The first-order chi connectivity index (χ1) is 8.34. The summed E-state index contributed by atoms with van der Waals surface area (Å²) in [6, 6.07) is 7.48. The Labute approximate surface area is 107 Å². The quantitative estimate of drug-likeness (QED) is 0.632. The van der Waals surface area contributed by atoms with E-state index in [0.717, 1.165) is 23.2 Å². The topological polar surface area (TPSA) is 12.0 Å². The fourth-order valence-electron chi connectivity index (χ4n) is 2.27. The van der Waals surface area contributed by atoms with Crippen molar-refractivity contribution >= 4 is 11.8 Å². The highest BCUT2D eigenvalue weighted by molar-refractivity contribution is 7.99. The Bertz CT molecular complexity index is 319. The molecule has 0 atom stereocenters. The van der Waals surface area contributed by atoms with E-state index in [1.54, 1.807) is 11.8 Å². The molecule has 0 amide bonds. The van der Waals surface area contributed by atoms with Gasteiger partial charge in [0.15, 0.2) is 0 Å². The molecule has 3 heteroatoms. The number of halogens is 1. The van der Waals surface area contributed by atoms with Crippen LogP contribution in [0.2, 0.25) is 0 Å². The lowest BCUT2D eigenvalue weighted by Crippen LogP contribution is -2.32. The molecule has 1 fully saturated rings. The van der Waals surface area contributed by atoms with Crippen LogP contribution in [0, 0.1) is 5.82 Å². The van der Waals surface area contributed by atoms with Crippen molar-refractivity contribution in [3.8, 4) is 0 Å². The van der Waals surface area contributed by atoms with E-state index in [9.17, 15) is 4.39 Å². The first-order valence-electron chi connectivity index (χ1n) is 6.46. The Morgan fingerprint density at radius 2 is 1.82 bits per heavy atom. The van der Waals surface area contributed by atoms with E-state index in [0.29, 0.717) is 0 Å². The highest BCUT2D eigenvalue weighted by Gasteiger charge is 2.11. The fraction of sp³-hybridized carbons (Fsp3) is 0.571. The highest BCUT2D eigenvalue weighted by atomic mass is 32.2. The summed E-state index contributed by atoms with van der Waals surface area (Å²) in [4.78, 5) is 1.15. The van der Waals surface area contributed by atoms with Gasteiger partial charge in [0.2, 0.25) is 0 Å². The molecular weight excluding hydrogens is 233 g/mol. The Balaban J connectivity index is 1.60. The molecule has 2 rings (SSSR count). The minimum atomic E-state index is -0.158. The van der Waals surface area contributed by atoms with Crippen LogP contribution >= 0.6 is 11.8 Å². The maximum Gasteiger partial charge on any atom is 0.123 e. The van der Waals surface area contributed by atoms with Gasteiger partial charge in [-0.05, 0) is 37.1 Å². The average Bonchev–Trinajstić information content (AvgIpc) is 2.38. The van der Waals surface area contributed by atoms with Gasteiger partial charge in [-0.3, -0.25) is 0 Å². The zero-order valence-corrected chi connectivity index (χ0v) is 10.9. The minimum Gasteiger partial charge on any atom is -0.313 e. The van der Waals surface area contributed by atoms with Gasteiger partial charge in [0.25, 0.3) is 0 Å². The summed E-state index contributed by atoms with van der Waals surface area (Å²) in [6.07, 6.45) is 6.83. The van der Waals surface area contributed by atoms with E-state index in [1.807, 2.05) is 12.1 Å². The van der Waals surface area contributed by atoms with E-state index in [4.69, 9.17) is 0 Å². The number of thioether (sulfide) groups is 1. The summed E-state index contributed by atoms with van der Waals surface area (Å²) < 4.78 is 12.7. The molecule has 0 unspecified atom stereocenters. The average molecular weight is 253 g/mol. The predicted octanol–water partition coefficient (Wildman–Crippen LogP) is 3.84. The first-order valence-corrected chi connectivity index (χ1v) is 7.45. The molecule has 0 radical (unpaired) electrons. The third kappa shape index (κ3) is 4.68. The Kier molecular flexibility index (Phi) is 5.33. The van der Waals surface area contributed by atoms with Crippen molar-refractivity contribution in [3.63, 3.8) is 0 Å². The van der Waals surface area contributed by atoms with Crippen molar-refractivity contribution in [2.75, 3.05) is 12.3 Å². The maximum absolute atomic E-state index is 12.7. The van der Waals surface area contributed by atoms with Crippen LogP contribution in [-0.2, 0) is 0 Å². The van der Waals surface area contributed by atoms with Crippen molar-refractivity contribution in [3.05, 3.63) is 30.1 Å². The van der Waals surface area contributed by atoms with Crippen LogP contribution in [0.5, 0.6) is 0 Å². The summed E-state index contributed by atoms with van der Waals surface area (Å²) in [7, 11) is 0. The normalized spacial score (nSPS) is 17.2. The predicted molar refractivity (Wildman–Crippen MR) is 72.0 cm³/mol. The molecule has 0 aromatic heterocycles. The molecule has 1 aliphatic rings. The van der Waals surface area contributed by atoms with Gasteiger partial charge in [0, 0.05) is 23.2 Å². The van der Waals surface area contributed by atoms with Crippen LogP contribution in [-0.4, -0.2) is 18.3 Å². The maximum atomic E-state index is 12.7. The summed E-state index contributed by atoms with van der Waals surface area (Å²) in [5.41, 5.74) is 0. The van der Waals surface area contributed by atoms with Crippen LogP contribution in [0.4, 0.5) is 4.39 Å². The van der Waals surface area contributed by atoms with E-state index in [-0.39, 0.29) is 5.82 Å². The molecule has 1 aromatic rings. The van der Waals surface area contributed by atoms with Crippen LogP contribution in [0.15, 0.2) is 29.2 Å². The zero-order chi connectivity index (χ0) is 11.9. The molecule has 1 N–H and O–H groups in total. The van der Waals surface area contributed by atoms with Crippen molar-refractivity contribution in [2.45, 2.75) is 43.0 Å². The lowest BCUT2D eigenvalue weighted by atomic mass is 9.96. The lowest BCUT2D eigenvalue weighted by molar-refractivity contribution is 0.381. The van der Waals surface area contributed by atoms with E-state index >= 15 is 0 Å². The molecule has 0 saturated heterocycles. The largest absolute Gasteiger partial charge is 0.313 e. The molecule has 1 nitrogen and oxygen atoms in total. The molecule has 17 heavy (non-hydrogen) atoms. The first kappa shape index (κ1) is 12.9. The Morgan fingerprint density at radius 1 is 1.12 bits per heavy atom. The summed E-state index contributed by atoms with van der Waals surface area (Å²) >= 11 is 1.79. The number of rotatable bonds is 5. The molecular formula is C14H20FNS. The van der Waals surface area contributed by atoms with Crippen LogP contribution in [0.25, 0.3) is 0 Å². The van der Waals surface area contributed by atoms with Crippen LogP contribution < -0.4 is 5.32 Å². The van der Waals surface area contributed by atoms with Crippen molar-refractivity contribution in [1.82, 2.24) is 5.32 Å². The number of nitrogens with one attached hydrogen (secondary N) is 1. The highest BCUT2D eigenvalue weighted by Crippen LogP contribution is 2.19. The SMILES string of the molecule is Fc1ccc(SCCNC2CCCCC2)cc1. The van der Waals surface area contributed by atoms with Gasteiger partial charge in [0.1, 0.15) is 5.82 Å². The Morgan fingerprint density at radius 3 is 2.53 bits per heavy atom. The molecule has 0 heterocycles. The van der Waals surface area contributed by atoms with Crippen LogP contribution in [0.1, 0.15) is 32.1 Å². The third-order valence-electron chi connectivity index (χ3n) is 3.22. The molecule has 1 saturated carbocycles. The van der Waals surface area contributed by atoms with Gasteiger partial charge >= 0.3 is 0 Å². The fourth-order valence-corrected chi connectivity index (χ4v) is 3.05. The van der Waals surface area contributed by atoms with E-state index in [1.165, 1.54) is 44.2 Å². The van der Waals surface area contributed by atoms with Gasteiger partial charge in [-0.2, -0.15) is 0 Å². The molecule has 0 bridgehead atoms.